The summed E-state index contributed by atoms with van der Waals surface area (Å²) in [6.45, 7) is 0. The Morgan fingerprint density at radius 3 is 2.00 bits per heavy atom. The lowest BCUT2D eigenvalue weighted by atomic mass is 10.1. The highest BCUT2D eigenvalue weighted by Crippen LogP contribution is 2.29. The number of halogens is 3. The van der Waals surface area contributed by atoms with E-state index in [0.29, 0.717) is 5.01 Å². The minimum absolute atomic E-state index is 0.0603. The number of hydrogen-bond acceptors (Lipinski definition) is 6. The van der Waals surface area contributed by atoms with Crippen LogP contribution in [0, 0.1) is 0 Å². The molecule has 0 saturated heterocycles. The van der Waals surface area contributed by atoms with Gasteiger partial charge in [-0.2, -0.15) is 18.2 Å². The topological polar surface area (TPSA) is 102 Å². The van der Waals surface area contributed by atoms with Gasteiger partial charge in [-0.1, -0.05) is 35.5 Å². The molecule has 2 amide bonds. The Labute approximate surface area is 150 Å². The van der Waals surface area contributed by atoms with Crippen LogP contribution in [0.1, 0.15) is 26.6 Å². The second kappa shape index (κ2) is 7.00. The molecule has 7 nitrogen and oxygen atoms in total. The first-order valence-electron chi connectivity index (χ1n) is 7.47. The standard InChI is InChI=1S/C17H11F3N4O3/c18-17(19,20)16-22-13(23-27-16)10-6-8-12(9-7-10)15(26)24(21)14(25)11-4-2-1-3-5-11/h1-9H,21H2. The van der Waals surface area contributed by atoms with Crippen LogP contribution in [0.5, 0.6) is 0 Å². The normalized spacial score (nSPS) is 11.3. The Morgan fingerprint density at radius 1 is 0.926 bits per heavy atom. The van der Waals surface area contributed by atoms with Gasteiger partial charge < -0.3 is 4.52 Å². The van der Waals surface area contributed by atoms with E-state index in [1.54, 1.807) is 18.2 Å². The molecular weight excluding hydrogens is 365 g/mol. The highest BCUT2D eigenvalue weighted by atomic mass is 19.4. The summed E-state index contributed by atoms with van der Waals surface area (Å²) < 4.78 is 41.7. The van der Waals surface area contributed by atoms with Crippen molar-refractivity contribution < 1.29 is 27.3 Å². The Morgan fingerprint density at radius 2 is 1.48 bits per heavy atom. The Hall–Kier alpha value is -3.53. The van der Waals surface area contributed by atoms with Crippen LogP contribution >= 0.6 is 0 Å². The third kappa shape index (κ3) is 3.85. The van der Waals surface area contributed by atoms with E-state index < -0.39 is 23.9 Å². The van der Waals surface area contributed by atoms with E-state index in [-0.39, 0.29) is 22.5 Å². The summed E-state index contributed by atoms with van der Waals surface area (Å²) in [6.07, 6.45) is -4.75. The van der Waals surface area contributed by atoms with Crippen LogP contribution in [0.15, 0.2) is 59.1 Å². The van der Waals surface area contributed by atoms with Crippen molar-refractivity contribution in [2.45, 2.75) is 6.18 Å². The Kier molecular flexibility index (Phi) is 4.74. The molecule has 0 fully saturated rings. The molecule has 0 radical (unpaired) electrons. The number of carbonyl (C=O) groups is 2. The quantitative estimate of drug-likeness (QED) is 0.326. The molecule has 0 aliphatic heterocycles. The highest BCUT2D eigenvalue weighted by Gasteiger charge is 2.38. The van der Waals surface area contributed by atoms with E-state index in [1.807, 2.05) is 0 Å². The molecule has 0 aliphatic carbocycles. The maximum atomic E-state index is 12.5. The van der Waals surface area contributed by atoms with Gasteiger partial charge in [0.15, 0.2) is 0 Å². The molecule has 0 atom stereocenters. The first-order chi connectivity index (χ1) is 12.8. The number of benzene rings is 2. The summed E-state index contributed by atoms with van der Waals surface area (Å²) >= 11 is 0. The average Bonchev–Trinajstić information content (AvgIpc) is 3.18. The van der Waals surface area contributed by atoms with Crippen molar-refractivity contribution in [1.29, 1.82) is 0 Å². The summed E-state index contributed by atoms with van der Waals surface area (Å²) in [5.74, 6) is 2.36. The number of alkyl halides is 3. The molecule has 0 unspecified atom stereocenters. The Balaban J connectivity index is 1.77. The SMILES string of the molecule is NN(C(=O)c1ccccc1)C(=O)c1ccc(-c2noc(C(F)(F)F)n2)cc1. The number of amides is 2. The molecule has 0 saturated carbocycles. The Bertz CT molecular complexity index is 969. The maximum absolute atomic E-state index is 12.5. The molecule has 3 rings (SSSR count). The molecule has 27 heavy (non-hydrogen) atoms. The molecule has 2 aromatic carbocycles. The summed E-state index contributed by atoms with van der Waals surface area (Å²) in [7, 11) is 0. The summed E-state index contributed by atoms with van der Waals surface area (Å²) in [5.41, 5.74) is 0.491. The molecule has 0 aliphatic rings. The van der Waals surface area contributed by atoms with Gasteiger partial charge in [0.2, 0.25) is 5.82 Å². The lowest BCUT2D eigenvalue weighted by Gasteiger charge is -2.14. The number of hydrogen-bond donors (Lipinski definition) is 1. The summed E-state index contributed by atoms with van der Waals surface area (Å²) in [5, 5.41) is 3.71. The van der Waals surface area contributed by atoms with Crippen LogP contribution < -0.4 is 5.84 Å². The van der Waals surface area contributed by atoms with Gasteiger partial charge in [-0.25, -0.2) is 10.9 Å². The van der Waals surface area contributed by atoms with E-state index in [9.17, 15) is 22.8 Å². The van der Waals surface area contributed by atoms with Gasteiger partial charge >= 0.3 is 12.1 Å². The molecule has 10 heteroatoms. The summed E-state index contributed by atoms with van der Waals surface area (Å²) in [6, 6.07) is 13.2. The van der Waals surface area contributed by atoms with Crippen molar-refractivity contribution in [3.63, 3.8) is 0 Å². The highest BCUT2D eigenvalue weighted by molar-refractivity contribution is 6.09. The monoisotopic (exact) mass is 376 g/mol. The van der Waals surface area contributed by atoms with E-state index in [0.717, 1.165) is 0 Å². The van der Waals surface area contributed by atoms with Gasteiger partial charge in [-0.15, -0.1) is 0 Å². The van der Waals surface area contributed by atoms with Crippen LogP contribution in [0.4, 0.5) is 13.2 Å². The number of rotatable bonds is 3. The van der Waals surface area contributed by atoms with Crippen LogP contribution in [0.3, 0.4) is 0 Å². The zero-order valence-electron chi connectivity index (χ0n) is 13.5. The lowest BCUT2D eigenvalue weighted by Crippen LogP contribution is -2.42. The molecular formula is C17H11F3N4O3. The molecule has 0 bridgehead atoms. The van der Waals surface area contributed by atoms with Gasteiger partial charge in [0.05, 0.1) is 0 Å². The fourth-order valence-corrected chi connectivity index (χ4v) is 2.17. The fourth-order valence-electron chi connectivity index (χ4n) is 2.17. The second-order valence-corrected chi connectivity index (χ2v) is 5.34. The number of nitrogens with zero attached hydrogens (tertiary/aromatic N) is 3. The average molecular weight is 376 g/mol. The van der Waals surface area contributed by atoms with Crippen LogP contribution in [-0.4, -0.2) is 27.0 Å². The third-order valence-electron chi connectivity index (χ3n) is 3.52. The van der Waals surface area contributed by atoms with Gasteiger partial charge in [0.1, 0.15) is 0 Å². The molecule has 1 aromatic heterocycles. The van der Waals surface area contributed by atoms with Crippen molar-refractivity contribution in [2.24, 2.45) is 5.84 Å². The van der Waals surface area contributed by atoms with Crippen LogP contribution in [0.25, 0.3) is 11.4 Å². The van der Waals surface area contributed by atoms with Gasteiger partial charge in [-0.3, -0.25) is 9.59 Å². The van der Waals surface area contributed by atoms with Gasteiger partial charge in [0, 0.05) is 16.7 Å². The fraction of sp³-hybridized carbons (Fsp3) is 0.0588. The van der Waals surface area contributed by atoms with Crippen LogP contribution in [-0.2, 0) is 6.18 Å². The molecule has 2 N–H and O–H groups in total. The zero-order valence-corrected chi connectivity index (χ0v) is 13.5. The maximum Gasteiger partial charge on any atom is 0.471 e. The van der Waals surface area contributed by atoms with Crippen molar-refractivity contribution in [3.8, 4) is 11.4 Å². The van der Waals surface area contributed by atoms with Crippen molar-refractivity contribution in [2.75, 3.05) is 0 Å². The third-order valence-corrected chi connectivity index (χ3v) is 3.52. The number of hydrazine groups is 1. The number of aromatic nitrogens is 2. The van der Waals surface area contributed by atoms with Crippen molar-refractivity contribution in [1.82, 2.24) is 15.1 Å². The molecule has 1 heterocycles. The lowest BCUT2D eigenvalue weighted by molar-refractivity contribution is -0.159. The minimum Gasteiger partial charge on any atom is -0.329 e. The summed E-state index contributed by atoms with van der Waals surface area (Å²) in [4.78, 5) is 27.8. The van der Waals surface area contributed by atoms with E-state index in [2.05, 4.69) is 14.7 Å². The molecule has 0 spiro atoms. The van der Waals surface area contributed by atoms with Crippen molar-refractivity contribution in [3.05, 3.63) is 71.6 Å². The predicted octanol–water partition coefficient (Wildman–Crippen LogP) is 2.91. The molecule has 138 valence electrons. The first-order valence-corrected chi connectivity index (χ1v) is 7.47. The van der Waals surface area contributed by atoms with Gasteiger partial charge in [-0.05, 0) is 24.3 Å². The van der Waals surface area contributed by atoms with E-state index >= 15 is 0 Å². The number of carbonyl (C=O) groups excluding carboxylic acids is 2. The first kappa shape index (κ1) is 18.3. The smallest absolute Gasteiger partial charge is 0.329 e. The second-order valence-electron chi connectivity index (χ2n) is 5.34. The minimum atomic E-state index is -4.75. The molecule has 3 aromatic rings. The zero-order chi connectivity index (χ0) is 19.6. The number of imide groups is 1. The van der Waals surface area contributed by atoms with Crippen molar-refractivity contribution >= 4 is 11.8 Å². The largest absolute Gasteiger partial charge is 0.471 e. The predicted molar refractivity (Wildman–Crippen MR) is 85.9 cm³/mol. The van der Waals surface area contributed by atoms with Crippen LogP contribution in [0.2, 0.25) is 0 Å². The van der Waals surface area contributed by atoms with Gasteiger partial charge in [0.25, 0.3) is 11.8 Å². The van der Waals surface area contributed by atoms with E-state index in [4.69, 9.17) is 5.84 Å². The van der Waals surface area contributed by atoms with E-state index in [1.165, 1.54) is 36.4 Å². The number of nitrogens with two attached hydrogens (primary N) is 1.